The van der Waals surface area contributed by atoms with Gasteiger partial charge in [-0.3, -0.25) is 54.3 Å². The van der Waals surface area contributed by atoms with Crippen LogP contribution in [0.2, 0.25) is 0 Å². The first-order chi connectivity index (χ1) is 69.1. The fourth-order valence-corrected chi connectivity index (χ4v) is 23.4. The van der Waals surface area contributed by atoms with E-state index in [4.69, 9.17) is 93.9 Å². The van der Waals surface area contributed by atoms with Crippen LogP contribution in [0.4, 0.5) is 0 Å². The summed E-state index contributed by atoms with van der Waals surface area (Å²) in [6.45, 7) is -13.4. The standard InChI is InChI=1S/C62H114O76P12/c63-15-27-39(123-55-35(71)47(131-143(87,88)89)43(31(19-67)115-55)127-139(75,76)77)51(135-147(99,100)101)59(119-27)111-9-1-5-23-13-25(7-3-11-113-61-53(137-149(105,106)107)41(29(17-65)121-61)125-57-37(73)49(133-145(93,94)95)45(33(21-69)117-57)129-141(81,82)83)26(8-4-12-114-62-54(138-150(108,109)110)42(30(18-66)122-62)126-58-38(74)50(134-146(96,97)98)46(34(22-70)118-58)130-142(84,85)86)14-24(23)6-2-10-112-60-52(136-148(102,103)104)40(28(16-64)120-60)124-56-36(72)48(132-144(90,91)92)44(32(20-68)116-56)128-140(78,79)80/h13-14,27-74H,1-12,15-22H2,(H2,75,76,77)(H2,78,79,80)(H2,81,82,83)(H2,84,85,86)(H2,87,88,89)(H2,90,91,92)(H2,93,94,95)(H2,96,97,98)(H2,99,100,101)(H2,102,103,104)(H2,105,106,107)(H2,108,109,110)/t27-,28-,29-,30-,31?,32?,33?,34?,35+,36+,37+,38+,39+,40+,41+,42+,43+,44+,45+,46+,47?,48?,49?,50?,51+,52+,53+,54+,55+,56+,57+,58+,59?,60?,61?,62?/m1/s1. The van der Waals surface area contributed by atoms with E-state index in [2.05, 4.69) is 36.2 Å². The first-order valence-corrected chi connectivity index (χ1v) is 61.4. The van der Waals surface area contributed by atoms with Crippen LogP contribution in [-0.4, -0.2) is 479 Å². The number of phosphoric acid groups is 12. The van der Waals surface area contributed by atoms with Crippen LogP contribution in [0.15, 0.2) is 12.1 Å². The van der Waals surface area contributed by atoms with Gasteiger partial charge in [-0.15, -0.1) is 0 Å². The van der Waals surface area contributed by atoms with Gasteiger partial charge in [0.2, 0.25) is 0 Å². The van der Waals surface area contributed by atoms with Crippen LogP contribution in [0, 0.1) is 0 Å². The molecule has 36 atom stereocenters. The highest BCUT2D eigenvalue weighted by Gasteiger charge is 2.63. The molecule has 0 aromatic heterocycles. The van der Waals surface area contributed by atoms with Crippen molar-refractivity contribution >= 4 is 93.9 Å². The van der Waals surface area contributed by atoms with E-state index in [0.29, 0.717) is 0 Å². The number of aryl methyl sites for hydroxylation is 4. The molecule has 0 radical (unpaired) electrons. The molecule has 0 bridgehead atoms. The Morgan fingerprint density at radius 3 is 0.453 bits per heavy atom. The zero-order valence-corrected chi connectivity index (χ0v) is 86.6. The first-order valence-electron chi connectivity index (χ1n) is 43.0. The number of ether oxygens (including phenoxy) is 16. The van der Waals surface area contributed by atoms with E-state index in [1.54, 1.807) is 0 Å². The minimum atomic E-state index is -5.89. The number of hydrogen-bond acceptors (Lipinski definition) is 52. The lowest BCUT2D eigenvalue weighted by Gasteiger charge is -2.44. The average Bonchev–Trinajstić information content (AvgIpc) is 1.44. The van der Waals surface area contributed by atoms with Crippen molar-refractivity contribution in [2.24, 2.45) is 0 Å². The van der Waals surface area contributed by atoms with Crippen LogP contribution in [0.5, 0.6) is 0 Å². The maximum atomic E-state index is 12.8. The summed E-state index contributed by atoms with van der Waals surface area (Å²) in [4.78, 5) is 238. The van der Waals surface area contributed by atoms with Gasteiger partial charge in [-0.05, 0) is 73.6 Å². The fraction of sp³-hybridized carbons (Fsp3) is 0.903. The molecule has 0 saturated carbocycles. The van der Waals surface area contributed by atoms with E-state index in [9.17, 15) is 234 Å². The maximum absolute atomic E-state index is 12.8. The summed E-state index contributed by atoms with van der Waals surface area (Å²) in [6, 6.07) is 2.88. The van der Waals surface area contributed by atoms with Gasteiger partial charge in [0.1, 0.15) is 171 Å². The topological polar surface area (TPSA) is 1190 Å². The Hall–Kier alpha value is -0.580. The van der Waals surface area contributed by atoms with Gasteiger partial charge in [-0.25, -0.2) is 54.8 Å². The van der Waals surface area contributed by atoms with Crippen molar-refractivity contribution in [1.82, 2.24) is 0 Å². The highest BCUT2D eigenvalue weighted by Crippen LogP contribution is 2.56. The molecule has 878 valence electrons. The van der Waals surface area contributed by atoms with E-state index in [1.165, 1.54) is 12.1 Å². The Morgan fingerprint density at radius 1 is 0.187 bits per heavy atom. The molecule has 8 saturated heterocycles. The van der Waals surface area contributed by atoms with E-state index < -0.39 is 394 Å². The minimum absolute atomic E-state index is 0.174. The van der Waals surface area contributed by atoms with E-state index in [-0.39, 0.29) is 73.6 Å². The number of hydrogen-bond donors (Lipinski definition) is 36. The normalized spacial score (nSPS) is 35.7. The summed E-state index contributed by atoms with van der Waals surface area (Å²) in [5, 5.41) is 129. The summed E-state index contributed by atoms with van der Waals surface area (Å²) < 4.78 is 296. The molecule has 8 fully saturated rings. The van der Waals surface area contributed by atoms with Crippen LogP contribution in [0.25, 0.3) is 0 Å². The van der Waals surface area contributed by atoms with Crippen LogP contribution >= 0.6 is 93.9 Å². The third-order valence-electron chi connectivity index (χ3n) is 22.3. The van der Waals surface area contributed by atoms with Crippen LogP contribution in [0.1, 0.15) is 47.9 Å². The second-order valence-electron chi connectivity index (χ2n) is 33.2. The molecule has 9 rings (SSSR count). The van der Waals surface area contributed by atoms with Crippen molar-refractivity contribution in [2.75, 3.05) is 79.3 Å². The van der Waals surface area contributed by atoms with Crippen LogP contribution in [-0.2, 0) is 211 Å². The predicted octanol–water partition coefficient (Wildman–Crippen LogP) is -12.1. The third kappa shape index (κ3) is 40.5. The Bertz CT molecular complexity index is 4440. The molecule has 12 unspecified atom stereocenters. The van der Waals surface area contributed by atoms with E-state index in [0.717, 1.165) is 0 Å². The predicted molar refractivity (Wildman–Crippen MR) is 456 cm³/mol. The van der Waals surface area contributed by atoms with E-state index in [1.807, 2.05) is 0 Å². The lowest BCUT2D eigenvalue weighted by Crippen LogP contribution is -2.61. The molecule has 0 spiro atoms. The Balaban J connectivity index is 1.09. The summed E-state index contributed by atoms with van der Waals surface area (Å²) in [7, 11) is -70.1. The molecule has 8 aliphatic heterocycles. The third-order valence-corrected chi connectivity index (χ3v) is 28.5. The van der Waals surface area contributed by atoms with Gasteiger partial charge in [0, 0.05) is 0 Å². The van der Waals surface area contributed by atoms with Crippen molar-refractivity contribution in [2.45, 2.75) is 273 Å². The molecule has 150 heavy (non-hydrogen) atoms. The monoisotopic (exact) mass is 2450 g/mol. The number of rotatable bonds is 60. The SMILES string of the molecule is O=P(O)(O)OC1[C@@H](OP(=O)(O)O)C(CO)O[C@@H](O[C@@H]2[C@H](OP(=O)(O)O)C(OCCCc3cc(CCCOC4O[C@H](CO)[C@H](O[C@@H]5OC(CO)[C@H](OP(=O)(O)O)C(OP(=O)(O)O)[C@@H]5O)[C@@H]4OP(=O)(O)O)c(CCCOC4O[C@H](CO)[C@H](O[C@@H]5OC(CO)[C@H](OP(=O)(O)O)C(OP(=O)(O)O)[C@@H]5O)[C@@H]4OP(=O)(O)O)cc3CCCOC3O[C@H](CO)[C@H](O[C@@H]4OC(CO)[C@H](OP(=O)(O)O)C(OP(=O)(O)O)[C@@H]4O)[C@@H]3OP(=O)(O)O)O[C@@H]2CO)[C@H]1O. The molecule has 1 aromatic carbocycles. The van der Waals surface area contributed by atoms with Gasteiger partial charge < -0.3 is 255 Å². The van der Waals surface area contributed by atoms with Crippen LogP contribution < -0.4 is 0 Å². The zero-order valence-electron chi connectivity index (χ0n) is 75.9. The summed E-state index contributed by atoms with van der Waals surface area (Å²) in [6.07, 6.45) is -87.1. The number of aliphatic hydroxyl groups excluding tert-OH is 12. The molecule has 8 heterocycles. The van der Waals surface area contributed by atoms with Crippen LogP contribution in [0.3, 0.4) is 0 Å². The molecule has 76 nitrogen and oxygen atoms in total. The molecular formula is C62H114O76P12. The van der Waals surface area contributed by atoms with Crippen molar-refractivity contribution < 1.29 is 364 Å². The Morgan fingerprint density at radius 2 is 0.313 bits per heavy atom. The van der Waals surface area contributed by atoms with Gasteiger partial charge in [0.05, 0.1) is 79.3 Å². The van der Waals surface area contributed by atoms with Crippen molar-refractivity contribution in [1.29, 1.82) is 0 Å². The number of benzene rings is 1. The second-order valence-corrected chi connectivity index (χ2v) is 47.5. The lowest BCUT2D eigenvalue weighted by molar-refractivity contribution is -0.313. The fourth-order valence-electron chi connectivity index (χ4n) is 16.7. The van der Waals surface area contributed by atoms with Crippen molar-refractivity contribution in [3.05, 3.63) is 34.4 Å². The van der Waals surface area contributed by atoms with Crippen molar-refractivity contribution in [3.63, 3.8) is 0 Å². The number of phosphoric ester groups is 12. The summed E-state index contributed by atoms with van der Waals surface area (Å²) >= 11 is 0. The van der Waals surface area contributed by atoms with Gasteiger partial charge in [0.25, 0.3) is 0 Å². The van der Waals surface area contributed by atoms with Gasteiger partial charge >= 0.3 is 93.9 Å². The maximum Gasteiger partial charge on any atom is 0.470 e. The molecule has 0 aliphatic carbocycles. The Labute approximate surface area is 840 Å². The summed E-state index contributed by atoms with van der Waals surface area (Å²) in [5.41, 5.74) is 0.696. The van der Waals surface area contributed by atoms with Crippen molar-refractivity contribution in [3.8, 4) is 0 Å². The molecule has 0 amide bonds. The minimum Gasteiger partial charge on any atom is -0.394 e. The van der Waals surface area contributed by atoms with Gasteiger partial charge in [-0.1, -0.05) is 12.1 Å². The van der Waals surface area contributed by atoms with Gasteiger partial charge in [0.15, 0.2) is 50.3 Å². The Kier molecular flexibility index (Phi) is 49.0. The largest absolute Gasteiger partial charge is 0.470 e. The lowest BCUT2D eigenvalue weighted by atomic mass is 9.90. The average molecular weight is 2450 g/mol. The molecule has 36 N–H and O–H groups in total. The highest BCUT2D eigenvalue weighted by atomic mass is 31.2. The molecule has 8 aliphatic rings. The molecule has 88 heteroatoms. The smallest absolute Gasteiger partial charge is 0.394 e. The van der Waals surface area contributed by atoms with E-state index >= 15 is 0 Å². The zero-order chi connectivity index (χ0) is 112. The molecular weight excluding hydrogens is 2330 g/mol. The number of aliphatic hydroxyl groups is 12. The first kappa shape index (κ1) is 133. The van der Waals surface area contributed by atoms with Gasteiger partial charge in [-0.2, -0.15) is 0 Å². The highest BCUT2D eigenvalue weighted by molar-refractivity contribution is 7.49. The molecule has 1 aromatic rings. The second kappa shape index (κ2) is 55.3. The quantitative estimate of drug-likeness (QED) is 0.0213. The summed E-state index contributed by atoms with van der Waals surface area (Å²) in [5.74, 6) is 0.